The van der Waals surface area contributed by atoms with Crippen LogP contribution in [0.4, 0.5) is 0 Å². The van der Waals surface area contributed by atoms with Crippen LogP contribution in [0.1, 0.15) is 50.5 Å². The molecule has 3 rings (SSSR count). The second kappa shape index (κ2) is 7.12. The molecule has 2 fully saturated rings. The molecule has 1 heterocycles. The van der Waals surface area contributed by atoms with Gasteiger partial charge in [0, 0.05) is 6.54 Å². The van der Waals surface area contributed by atoms with E-state index in [0.717, 1.165) is 44.2 Å². The van der Waals surface area contributed by atoms with Gasteiger partial charge in [-0.1, -0.05) is 30.3 Å². The third-order valence-corrected chi connectivity index (χ3v) is 5.65. The Morgan fingerprint density at radius 2 is 1.64 bits per heavy atom. The van der Waals surface area contributed by atoms with Crippen LogP contribution in [0.3, 0.4) is 0 Å². The third kappa shape index (κ3) is 3.53. The van der Waals surface area contributed by atoms with Crippen LogP contribution >= 0.6 is 0 Å². The zero-order chi connectivity index (χ0) is 15.4. The molecule has 1 saturated heterocycles. The number of hydrogen-bond donors (Lipinski definition) is 2. The van der Waals surface area contributed by atoms with Crippen LogP contribution in [-0.2, 0) is 5.60 Å². The van der Waals surface area contributed by atoms with Crippen LogP contribution in [-0.4, -0.2) is 40.9 Å². The molecule has 2 N–H and O–H groups in total. The normalized spacial score (nSPS) is 29.4. The minimum absolute atomic E-state index is 0.171. The molecule has 122 valence electrons. The lowest BCUT2D eigenvalue weighted by Crippen LogP contribution is -2.41. The Balaban J connectivity index is 1.75. The quantitative estimate of drug-likeness (QED) is 0.879. The summed E-state index contributed by atoms with van der Waals surface area (Å²) in [5.74, 6) is 0.265. The second-order valence-corrected chi connectivity index (χ2v) is 7.09. The molecule has 1 aromatic rings. The van der Waals surface area contributed by atoms with Gasteiger partial charge >= 0.3 is 0 Å². The highest BCUT2D eigenvalue weighted by Gasteiger charge is 2.40. The topological polar surface area (TPSA) is 43.7 Å². The van der Waals surface area contributed by atoms with Crippen molar-refractivity contribution in [2.75, 3.05) is 19.6 Å². The highest BCUT2D eigenvalue weighted by Crippen LogP contribution is 2.42. The van der Waals surface area contributed by atoms with Crippen LogP contribution in [0.2, 0.25) is 0 Å². The molecule has 1 aromatic carbocycles. The average Bonchev–Trinajstić information content (AvgIpc) is 3.08. The molecular weight excluding hydrogens is 274 g/mol. The molecule has 0 radical (unpaired) electrons. The molecule has 3 heteroatoms. The lowest BCUT2D eigenvalue weighted by molar-refractivity contribution is -0.0632. The molecule has 0 aromatic heterocycles. The molecule has 1 unspecified atom stereocenters. The Kier molecular flexibility index (Phi) is 5.17. The summed E-state index contributed by atoms with van der Waals surface area (Å²) in [6.07, 6.45) is 6.71. The maximum Gasteiger partial charge on any atom is 0.0936 e. The van der Waals surface area contributed by atoms with E-state index in [2.05, 4.69) is 17.0 Å². The first-order chi connectivity index (χ1) is 10.7. The predicted octanol–water partition coefficient (Wildman–Crippen LogP) is 2.91. The van der Waals surface area contributed by atoms with Gasteiger partial charge in [-0.15, -0.1) is 0 Å². The number of hydrogen-bond acceptors (Lipinski definition) is 3. The summed E-state index contributed by atoms with van der Waals surface area (Å²) < 4.78 is 0. The highest BCUT2D eigenvalue weighted by molar-refractivity contribution is 5.23. The van der Waals surface area contributed by atoms with Crippen LogP contribution in [0.15, 0.2) is 30.3 Å². The number of benzene rings is 1. The van der Waals surface area contributed by atoms with Gasteiger partial charge < -0.3 is 15.1 Å². The van der Waals surface area contributed by atoms with Gasteiger partial charge in [0.1, 0.15) is 0 Å². The summed E-state index contributed by atoms with van der Waals surface area (Å²) in [5, 5.41) is 21.3. The standard InChI is InChI=1S/C19H29NO2/c21-18-10-8-17(9-11-18)19(22,16-6-2-1-3-7-16)12-15-20-13-4-5-14-20/h1-3,6-7,17-18,21-22H,4-5,8-15H2. The van der Waals surface area contributed by atoms with E-state index in [0.29, 0.717) is 0 Å². The van der Waals surface area contributed by atoms with Crippen LogP contribution in [0.5, 0.6) is 0 Å². The van der Waals surface area contributed by atoms with Gasteiger partial charge in [0.15, 0.2) is 0 Å². The van der Waals surface area contributed by atoms with Crippen molar-refractivity contribution >= 4 is 0 Å². The van der Waals surface area contributed by atoms with Crippen molar-refractivity contribution in [1.29, 1.82) is 0 Å². The van der Waals surface area contributed by atoms with Crippen LogP contribution < -0.4 is 0 Å². The number of likely N-dealkylation sites (tertiary alicyclic amines) is 1. The third-order valence-electron chi connectivity index (χ3n) is 5.65. The largest absolute Gasteiger partial charge is 0.393 e. The van der Waals surface area contributed by atoms with Crippen molar-refractivity contribution in [1.82, 2.24) is 4.90 Å². The fourth-order valence-electron chi connectivity index (χ4n) is 4.20. The molecule has 1 atom stereocenters. The summed E-state index contributed by atoms with van der Waals surface area (Å²) in [4.78, 5) is 2.48. The minimum atomic E-state index is -0.746. The Bertz CT molecular complexity index is 450. The first kappa shape index (κ1) is 16.0. The summed E-state index contributed by atoms with van der Waals surface area (Å²) in [6.45, 7) is 3.33. The Labute approximate surface area is 134 Å². The van der Waals surface area contributed by atoms with Crippen molar-refractivity contribution in [2.45, 2.75) is 56.7 Å². The molecule has 2 aliphatic rings. The molecule has 1 aliphatic heterocycles. The first-order valence-electron chi connectivity index (χ1n) is 8.87. The van der Waals surface area contributed by atoms with Gasteiger partial charge in [-0.25, -0.2) is 0 Å². The summed E-state index contributed by atoms with van der Waals surface area (Å²) >= 11 is 0. The van der Waals surface area contributed by atoms with E-state index in [-0.39, 0.29) is 12.0 Å². The Morgan fingerprint density at radius 1 is 1.00 bits per heavy atom. The molecule has 22 heavy (non-hydrogen) atoms. The van der Waals surface area contributed by atoms with Gasteiger partial charge in [0.05, 0.1) is 11.7 Å². The van der Waals surface area contributed by atoms with E-state index in [1.807, 2.05) is 18.2 Å². The fourth-order valence-corrected chi connectivity index (χ4v) is 4.20. The number of nitrogens with zero attached hydrogens (tertiary/aromatic N) is 1. The van der Waals surface area contributed by atoms with E-state index >= 15 is 0 Å². The number of aliphatic hydroxyl groups is 2. The van der Waals surface area contributed by atoms with Crippen LogP contribution in [0.25, 0.3) is 0 Å². The molecule has 1 saturated carbocycles. The molecule has 1 aliphatic carbocycles. The predicted molar refractivity (Wildman–Crippen MR) is 88.6 cm³/mol. The zero-order valence-electron chi connectivity index (χ0n) is 13.5. The monoisotopic (exact) mass is 303 g/mol. The SMILES string of the molecule is OC1CCC(C(O)(CCN2CCCC2)c2ccccc2)CC1. The maximum absolute atomic E-state index is 11.5. The lowest BCUT2D eigenvalue weighted by atomic mass is 9.71. The molecule has 0 spiro atoms. The van der Waals surface area contributed by atoms with Crippen molar-refractivity contribution in [3.63, 3.8) is 0 Å². The van der Waals surface area contributed by atoms with Gasteiger partial charge in [-0.3, -0.25) is 0 Å². The highest BCUT2D eigenvalue weighted by atomic mass is 16.3. The number of rotatable bonds is 5. The Hall–Kier alpha value is -0.900. The summed E-state index contributed by atoms with van der Waals surface area (Å²) in [6, 6.07) is 10.2. The van der Waals surface area contributed by atoms with Gasteiger partial charge in [-0.05, 0) is 69.5 Å². The van der Waals surface area contributed by atoms with Crippen LogP contribution in [0, 0.1) is 5.92 Å². The van der Waals surface area contributed by atoms with E-state index < -0.39 is 5.60 Å². The van der Waals surface area contributed by atoms with Crippen molar-refractivity contribution in [3.05, 3.63) is 35.9 Å². The van der Waals surface area contributed by atoms with Gasteiger partial charge in [0.2, 0.25) is 0 Å². The lowest BCUT2D eigenvalue weighted by Gasteiger charge is -2.41. The van der Waals surface area contributed by atoms with Crippen molar-refractivity contribution < 1.29 is 10.2 Å². The van der Waals surface area contributed by atoms with E-state index in [4.69, 9.17) is 0 Å². The van der Waals surface area contributed by atoms with E-state index in [1.165, 1.54) is 25.9 Å². The Morgan fingerprint density at radius 3 is 2.27 bits per heavy atom. The molecule has 3 nitrogen and oxygen atoms in total. The van der Waals surface area contributed by atoms with Gasteiger partial charge in [-0.2, -0.15) is 0 Å². The summed E-state index contributed by atoms with van der Waals surface area (Å²) in [7, 11) is 0. The number of aliphatic hydroxyl groups excluding tert-OH is 1. The fraction of sp³-hybridized carbons (Fsp3) is 0.684. The van der Waals surface area contributed by atoms with E-state index in [9.17, 15) is 10.2 Å². The second-order valence-electron chi connectivity index (χ2n) is 7.09. The molecular formula is C19H29NO2. The first-order valence-corrected chi connectivity index (χ1v) is 8.87. The van der Waals surface area contributed by atoms with Crippen molar-refractivity contribution in [3.8, 4) is 0 Å². The van der Waals surface area contributed by atoms with Crippen molar-refractivity contribution in [2.24, 2.45) is 5.92 Å². The smallest absolute Gasteiger partial charge is 0.0936 e. The summed E-state index contributed by atoms with van der Waals surface area (Å²) in [5.41, 5.74) is 0.305. The zero-order valence-corrected chi connectivity index (χ0v) is 13.5. The minimum Gasteiger partial charge on any atom is -0.393 e. The average molecular weight is 303 g/mol. The van der Waals surface area contributed by atoms with E-state index in [1.54, 1.807) is 0 Å². The van der Waals surface area contributed by atoms with Gasteiger partial charge in [0.25, 0.3) is 0 Å². The molecule has 0 amide bonds. The molecule has 0 bridgehead atoms. The maximum atomic E-state index is 11.5.